The van der Waals surface area contributed by atoms with E-state index in [0.717, 1.165) is 42.7 Å². The average molecular weight is 339 g/mol. The number of nitrogens with zero attached hydrogens (tertiary/aromatic N) is 2. The maximum absolute atomic E-state index is 12.5. The van der Waals surface area contributed by atoms with Crippen LogP contribution in [0.3, 0.4) is 0 Å². The van der Waals surface area contributed by atoms with E-state index < -0.39 is 4.92 Å². The summed E-state index contributed by atoms with van der Waals surface area (Å²) in [5.74, 6) is -0.343. The van der Waals surface area contributed by atoms with Crippen molar-refractivity contribution in [2.75, 3.05) is 23.3 Å². The number of rotatable bonds is 4. The van der Waals surface area contributed by atoms with Gasteiger partial charge in [-0.15, -0.1) is 0 Å². The molecule has 6 nitrogen and oxygen atoms in total. The number of hydrogen-bond acceptors (Lipinski definition) is 4. The zero-order valence-electron chi connectivity index (χ0n) is 14.4. The summed E-state index contributed by atoms with van der Waals surface area (Å²) >= 11 is 0. The van der Waals surface area contributed by atoms with Crippen LogP contribution >= 0.6 is 0 Å². The molecule has 0 bridgehead atoms. The summed E-state index contributed by atoms with van der Waals surface area (Å²) in [5.41, 5.74) is 3.56. The lowest BCUT2D eigenvalue weighted by molar-refractivity contribution is -0.384. The number of anilines is 2. The Kier molecular flexibility index (Phi) is 4.70. The zero-order valence-corrected chi connectivity index (χ0v) is 14.4. The van der Waals surface area contributed by atoms with Crippen molar-refractivity contribution in [2.45, 2.75) is 26.7 Å². The normalized spacial score (nSPS) is 13.8. The van der Waals surface area contributed by atoms with Gasteiger partial charge in [-0.1, -0.05) is 12.1 Å². The molecular formula is C19H21N3O3. The maximum Gasteiger partial charge on any atom is 0.293 e. The van der Waals surface area contributed by atoms with E-state index in [-0.39, 0.29) is 17.2 Å². The molecular weight excluding hydrogens is 318 g/mol. The smallest absolute Gasteiger partial charge is 0.293 e. The minimum absolute atomic E-state index is 0.0180. The van der Waals surface area contributed by atoms with E-state index in [2.05, 4.69) is 5.32 Å². The van der Waals surface area contributed by atoms with E-state index in [4.69, 9.17) is 0 Å². The molecule has 0 radical (unpaired) electrons. The molecule has 1 saturated heterocycles. The van der Waals surface area contributed by atoms with Crippen LogP contribution < -0.4 is 10.2 Å². The number of nitro groups is 1. The zero-order chi connectivity index (χ0) is 18.0. The Hall–Kier alpha value is -2.89. The molecule has 0 aromatic heterocycles. The molecule has 1 fully saturated rings. The van der Waals surface area contributed by atoms with Gasteiger partial charge in [-0.25, -0.2) is 0 Å². The monoisotopic (exact) mass is 339 g/mol. The molecule has 0 atom stereocenters. The third kappa shape index (κ3) is 3.63. The van der Waals surface area contributed by atoms with Crippen LogP contribution in [0.5, 0.6) is 0 Å². The highest BCUT2D eigenvalue weighted by atomic mass is 16.6. The van der Waals surface area contributed by atoms with Crippen LogP contribution in [0.15, 0.2) is 36.4 Å². The van der Waals surface area contributed by atoms with Crippen LogP contribution in [0.4, 0.5) is 17.1 Å². The molecule has 3 rings (SSSR count). The predicted octanol–water partition coefficient (Wildman–Crippen LogP) is 4.06. The van der Waals surface area contributed by atoms with Gasteiger partial charge in [0.25, 0.3) is 11.6 Å². The number of benzene rings is 2. The molecule has 6 heteroatoms. The second-order valence-electron chi connectivity index (χ2n) is 6.43. The van der Waals surface area contributed by atoms with Gasteiger partial charge in [0.2, 0.25) is 0 Å². The molecule has 0 saturated carbocycles. The average Bonchev–Trinajstić information content (AvgIpc) is 3.12. The van der Waals surface area contributed by atoms with Gasteiger partial charge in [-0.05, 0) is 56.0 Å². The molecule has 2 aromatic rings. The fourth-order valence-corrected chi connectivity index (χ4v) is 3.10. The van der Waals surface area contributed by atoms with Crippen molar-refractivity contribution in [2.24, 2.45) is 0 Å². The standard InChI is InChI=1S/C19H21N3O3/c1-13-5-6-14(2)16(11-13)20-19(23)15-7-8-17(18(12-15)22(24)25)21-9-3-4-10-21/h5-8,11-12H,3-4,9-10H2,1-2H3,(H,20,23). The van der Waals surface area contributed by atoms with E-state index in [1.54, 1.807) is 12.1 Å². The van der Waals surface area contributed by atoms with E-state index in [1.165, 1.54) is 6.07 Å². The van der Waals surface area contributed by atoms with Gasteiger partial charge in [0.05, 0.1) is 4.92 Å². The topological polar surface area (TPSA) is 75.5 Å². The Balaban J connectivity index is 1.89. The Bertz CT molecular complexity index is 827. The second kappa shape index (κ2) is 6.93. The van der Waals surface area contributed by atoms with E-state index in [1.807, 2.05) is 36.9 Å². The molecule has 0 spiro atoms. The Labute approximate surface area is 146 Å². The lowest BCUT2D eigenvalue weighted by Gasteiger charge is -2.18. The molecule has 0 aliphatic carbocycles. The molecule has 25 heavy (non-hydrogen) atoms. The number of hydrogen-bond donors (Lipinski definition) is 1. The van der Waals surface area contributed by atoms with Crippen LogP contribution in [0, 0.1) is 24.0 Å². The van der Waals surface area contributed by atoms with Gasteiger partial charge in [0, 0.05) is 30.4 Å². The van der Waals surface area contributed by atoms with Crippen LogP contribution in [-0.4, -0.2) is 23.9 Å². The summed E-state index contributed by atoms with van der Waals surface area (Å²) in [6, 6.07) is 10.5. The highest BCUT2D eigenvalue weighted by molar-refractivity contribution is 6.05. The quantitative estimate of drug-likeness (QED) is 0.673. The van der Waals surface area contributed by atoms with Crippen molar-refractivity contribution in [3.63, 3.8) is 0 Å². The highest BCUT2D eigenvalue weighted by Gasteiger charge is 2.24. The molecule has 1 N–H and O–H groups in total. The molecule has 1 aliphatic rings. The van der Waals surface area contributed by atoms with Gasteiger partial charge in [0.1, 0.15) is 5.69 Å². The Morgan fingerprint density at radius 2 is 1.84 bits per heavy atom. The molecule has 1 heterocycles. The maximum atomic E-state index is 12.5. The molecule has 130 valence electrons. The summed E-state index contributed by atoms with van der Waals surface area (Å²) in [7, 11) is 0. The van der Waals surface area contributed by atoms with Crippen molar-refractivity contribution >= 4 is 23.0 Å². The number of nitrogens with one attached hydrogen (secondary N) is 1. The first kappa shape index (κ1) is 17.0. The van der Waals surface area contributed by atoms with Gasteiger partial charge in [-0.2, -0.15) is 0 Å². The molecule has 0 unspecified atom stereocenters. The van der Waals surface area contributed by atoms with Crippen LogP contribution in [0.2, 0.25) is 0 Å². The first-order valence-corrected chi connectivity index (χ1v) is 8.38. The summed E-state index contributed by atoms with van der Waals surface area (Å²) < 4.78 is 0. The number of amides is 1. The first-order chi connectivity index (χ1) is 12.0. The van der Waals surface area contributed by atoms with E-state index in [9.17, 15) is 14.9 Å². The lowest BCUT2D eigenvalue weighted by Crippen LogP contribution is -2.20. The molecule has 1 amide bonds. The summed E-state index contributed by atoms with van der Waals surface area (Å²) in [5, 5.41) is 14.3. The van der Waals surface area contributed by atoms with E-state index >= 15 is 0 Å². The van der Waals surface area contributed by atoms with Crippen molar-refractivity contribution in [1.29, 1.82) is 0 Å². The third-order valence-electron chi connectivity index (χ3n) is 4.52. The largest absolute Gasteiger partial charge is 0.366 e. The van der Waals surface area contributed by atoms with Gasteiger partial charge in [-0.3, -0.25) is 14.9 Å². The number of carbonyl (C=O) groups excluding carboxylic acids is 1. The predicted molar refractivity (Wildman–Crippen MR) is 98.4 cm³/mol. The summed E-state index contributed by atoms with van der Waals surface area (Å²) in [6.07, 6.45) is 2.07. The summed E-state index contributed by atoms with van der Waals surface area (Å²) in [6.45, 7) is 5.49. The Morgan fingerprint density at radius 3 is 2.52 bits per heavy atom. The SMILES string of the molecule is Cc1ccc(C)c(NC(=O)c2ccc(N3CCCC3)c([N+](=O)[O-])c2)c1. The number of nitro benzene ring substituents is 1. The Morgan fingerprint density at radius 1 is 1.12 bits per heavy atom. The summed E-state index contributed by atoms with van der Waals surface area (Å²) in [4.78, 5) is 25.6. The van der Waals surface area contributed by atoms with Crippen molar-refractivity contribution in [3.05, 3.63) is 63.2 Å². The van der Waals surface area contributed by atoms with Gasteiger partial charge in [0.15, 0.2) is 0 Å². The van der Waals surface area contributed by atoms with E-state index in [0.29, 0.717) is 5.69 Å². The fourth-order valence-electron chi connectivity index (χ4n) is 3.10. The van der Waals surface area contributed by atoms with Gasteiger partial charge >= 0.3 is 0 Å². The number of carbonyl (C=O) groups is 1. The minimum Gasteiger partial charge on any atom is -0.366 e. The lowest BCUT2D eigenvalue weighted by atomic mass is 10.1. The van der Waals surface area contributed by atoms with Gasteiger partial charge < -0.3 is 10.2 Å². The molecule has 1 aliphatic heterocycles. The highest BCUT2D eigenvalue weighted by Crippen LogP contribution is 2.32. The van der Waals surface area contributed by atoms with Crippen molar-refractivity contribution < 1.29 is 9.72 Å². The second-order valence-corrected chi connectivity index (χ2v) is 6.43. The molecule has 2 aromatic carbocycles. The van der Waals surface area contributed by atoms with Crippen LogP contribution in [0.1, 0.15) is 34.3 Å². The number of aryl methyl sites for hydroxylation is 2. The first-order valence-electron chi connectivity index (χ1n) is 8.38. The third-order valence-corrected chi connectivity index (χ3v) is 4.52. The minimum atomic E-state index is -0.414. The van der Waals surface area contributed by atoms with Crippen molar-refractivity contribution in [3.8, 4) is 0 Å². The fraction of sp³-hybridized carbons (Fsp3) is 0.316. The van der Waals surface area contributed by atoms with Crippen LogP contribution in [0.25, 0.3) is 0 Å². The van der Waals surface area contributed by atoms with Crippen molar-refractivity contribution in [1.82, 2.24) is 0 Å². The van der Waals surface area contributed by atoms with Crippen LogP contribution in [-0.2, 0) is 0 Å².